The molecule has 0 saturated heterocycles. The van der Waals surface area contributed by atoms with Crippen LogP contribution in [0.2, 0.25) is 5.02 Å². The molecule has 0 atom stereocenters. The SMILES string of the molecule is Cc1ccc(NC(=O)COc2ccc(Cl)cc2Br)cc1N. The largest absolute Gasteiger partial charge is 0.483 e. The second kappa shape index (κ2) is 6.83. The van der Waals surface area contributed by atoms with E-state index in [1.807, 2.05) is 13.0 Å². The molecule has 21 heavy (non-hydrogen) atoms. The van der Waals surface area contributed by atoms with E-state index in [-0.39, 0.29) is 12.5 Å². The standard InChI is InChI=1S/C15H14BrClN2O2/c1-9-2-4-11(7-13(9)18)19-15(20)8-21-14-5-3-10(17)6-12(14)16/h2-7H,8,18H2,1H3,(H,19,20). The Hall–Kier alpha value is -1.72. The number of amides is 1. The highest BCUT2D eigenvalue weighted by molar-refractivity contribution is 9.10. The van der Waals surface area contributed by atoms with Crippen LogP contribution < -0.4 is 15.8 Å². The van der Waals surface area contributed by atoms with Gasteiger partial charge in [0, 0.05) is 16.4 Å². The van der Waals surface area contributed by atoms with E-state index < -0.39 is 0 Å². The van der Waals surface area contributed by atoms with Crippen LogP contribution in [0, 0.1) is 6.92 Å². The molecular formula is C15H14BrClN2O2. The van der Waals surface area contributed by atoms with E-state index >= 15 is 0 Å². The molecule has 0 unspecified atom stereocenters. The summed E-state index contributed by atoms with van der Waals surface area (Å²) in [4.78, 5) is 11.8. The molecule has 0 aliphatic rings. The lowest BCUT2D eigenvalue weighted by Gasteiger charge is -2.10. The summed E-state index contributed by atoms with van der Waals surface area (Å²) in [6.45, 7) is 1.80. The quantitative estimate of drug-likeness (QED) is 0.800. The van der Waals surface area contributed by atoms with Gasteiger partial charge in [0.2, 0.25) is 0 Å². The molecule has 1 amide bonds. The number of carbonyl (C=O) groups is 1. The Kier molecular flexibility index (Phi) is 5.09. The number of carbonyl (C=O) groups excluding carboxylic acids is 1. The van der Waals surface area contributed by atoms with Crippen LogP contribution in [0.4, 0.5) is 11.4 Å². The van der Waals surface area contributed by atoms with Crippen molar-refractivity contribution >= 4 is 44.8 Å². The predicted molar refractivity (Wildman–Crippen MR) is 88.9 cm³/mol. The zero-order chi connectivity index (χ0) is 15.4. The Balaban J connectivity index is 1.94. The topological polar surface area (TPSA) is 64.3 Å². The maximum Gasteiger partial charge on any atom is 0.262 e. The Labute approximate surface area is 136 Å². The number of hydrogen-bond acceptors (Lipinski definition) is 3. The summed E-state index contributed by atoms with van der Waals surface area (Å²) in [6, 6.07) is 10.5. The van der Waals surface area contributed by atoms with E-state index in [2.05, 4.69) is 21.2 Å². The lowest BCUT2D eigenvalue weighted by Crippen LogP contribution is -2.20. The second-order valence-corrected chi connectivity index (χ2v) is 5.77. The summed E-state index contributed by atoms with van der Waals surface area (Å²) in [7, 11) is 0. The van der Waals surface area contributed by atoms with Crippen molar-refractivity contribution in [2.75, 3.05) is 17.7 Å². The van der Waals surface area contributed by atoms with Crippen molar-refractivity contribution in [3.63, 3.8) is 0 Å². The van der Waals surface area contributed by atoms with E-state index in [0.29, 0.717) is 26.6 Å². The molecule has 110 valence electrons. The number of anilines is 2. The Morgan fingerprint density at radius 1 is 1.33 bits per heavy atom. The van der Waals surface area contributed by atoms with E-state index in [1.54, 1.807) is 30.3 Å². The molecule has 4 nitrogen and oxygen atoms in total. The lowest BCUT2D eigenvalue weighted by molar-refractivity contribution is -0.118. The average molecular weight is 370 g/mol. The molecule has 0 fully saturated rings. The van der Waals surface area contributed by atoms with Crippen LogP contribution in [0.25, 0.3) is 0 Å². The van der Waals surface area contributed by atoms with Crippen LogP contribution in [0.15, 0.2) is 40.9 Å². The van der Waals surface area contributed by atoms with Gasteiger partial charge in [-0.05, 0) is 58.7 Å². The minimum atomic E-state index is -0.264. The van der Waals surface area contributed by atoms with Crippen LogP contribution >= 0.6 is 27.5 Å². The number of aryl methyl sites for hydroxylation is 1. The van der Waals surface area contributed by atoms with Crippen molar-refractivity contribution in [2.45, 2.75) is 6.92 Å². The van der Waals surface area contributed by atoms with Crippen LogP contribution in [0.5, 0.6) is 5.75 Å². The van der Waals surface area contributed by atoms with Gasteiger partial charge in [0.05, 0.1) is 4.47 Å². The maximum atomic E-state index is 11.8. The summed E-state index contributed by atoms with van der Waals surface area (Å²) in [5.41, 5.74) is 8.04. The van der Waals surface area contributed by atoms with Gasteiger partial charge in [-0.3, -0.25) is 4.79 Å². The predicted octanol–water partition coefficient (Wildman–Crippen LogP) is 4.01. The Bertz CT molecular complexity index is 677. The first kappa shape index (κ1) is 15.7. The second-order valence-electron chi connectivity index (χ2n) is 4.48. The van der Waals surface area contributed by atoms with Crippen molar-refractivity contribution < 1.29 is 9.53 Å². The molecule has 0 aliphatic heterocycles. The third-order valence-corrected chi connectivity index (χ3v) is 3.67. The first-order chi connectivity index (χ1) is 9.95. The molecule has 6 heteroatoms. The number of nitrogens with two attached hydrogens (primary N) is 1. The van der Waals surface area contributed by atoms with Crippen molar-refractivity contribution in [2.24, 2.45) is 0 Å². The fraction of sp³-hybridized carbons (Fsp3) is 0.133. The molecule has 3 N–H and O–H groups in total. The first-order valence-electron chi connectivity index (χ1n) is 6.19. The summed E-state index contributed by atoms with van der Waals surface area (Å²) < 4.78 is 6.13. The summed E-state index contributed by atoms with van der Waals surface area (Å²) >= 11 is 9.16. The number of nitrogens with one attached hydrogen (secondary N) is 1. The third-order valence-electron chi connectivity index (χ3n) is 2.82. The van der Waals surface area contributed by atoms with E-state index in [9.17, 15) is 4.79 Å². The number of nitrogen functional groups attached to an aromatic ring is 1. The molecule has 2 aromatic carbocycles. The van der Waals surface area contributed by atoms with Gasteiger partial charge >= 0.3 is 0 Å². The molecule has 0 aliphatic carbocycles. The fourth-order valence-corrected chi connectivity index (χ4v) is 2.45. The first-order valence-corrected chi connectivity index (χ1v) is 7.36. The van der Waals surface area contributed by atoms with Crippen LogP contribution in [-0.4, -0.2) is 12.5 Å². The molecule has 0 aromatic heterocycles. The maximum absolute atomic E-state index is 11.8. The van der Waals surface area contributed by atoms with E-state index in [0.717, 1.165) is 5.56 Å². The number of ether oxygens (including phenoxy) is 1. The highest BCUT2D eigenvalue weighted by Gasteiger charge is 2.07. The van der Waals surface area contributed by atoms with Crippen LogP contribution in [0.1, 0.15) is 5.56 Å². The summed E-state index contributed by atoms with van der Waals surface area (Å²) in [5, 5.41) is 3.32. The zero-order valence-corrected chi connectivity index (χ0v) is 13.7. The van der Waals surface area contributed by atoms with E-state index in [1.165, 1.54) is 0 Å². The number of rotatable bonds is 4. The zero-order valence-electron chi connectivity index (χ0n) is 11.3. The normalized spacial score (nSPS) is 10.2. The minimum Gasteiger partial charge on any atom is -0.483 e. The van der Waals surface area contributed by atoms with Crippen molar-refractivity contribution in [1.82, 2.24) is 0 Å². The van der Waals surface area contributed by atoms with Gasteiger partial charge in [-0.15, -0.1) is 0 Å². The Morgan fingerprint density at radius 2 is 2.10 bits per heavy atom. The van der Waals surface area contributed by atoms with Gasteiger partial charge in [-0.2, -0.15) is 0 Å². The number of hydrogen-bond donors (Lipinski definition) is 2. The van der Waals surface area contributed by atoms with E-state index in [4.69, 9.17) is 22.1 Å². The van der Waals surface area contributed by atoms with Gasteiger partial charge in [0.1, 0.15) is 5.75 Å². The van der Waals surface area contributed by atoms with Gasteiger partial charge in [-0.25, -0.2) is 0 Å². The average Bonchev–Trinajstić information content (AvgIpc) is 2.42. The summed E-state index contributed by atoms with van der Waals surface area (Å²) in [5.74, 6) is 0.290. The minimum absolute atomic E-state index is 0.103. The van der Waals surface area contributed by atoms with Gasteiger partial charge in [0.25, 0.3) is 5.91 Å². The molecule has 2 aromatic rings. The third kappa shape index (κ3) is 4.37. The number of halogens is 2. The van der Waals surface area contributed by atoms with Gasteiger partial charge in [-0.1, -0.05) is 17.7 Å². The highest BCUT2D eigenvalue weighted by atomic mass is 79.9. The smallest absolute Gasteiger partial charge is 0.262 e. The van der Waals surface area contributed by atoms with Crippen LogP contribution in [0.3, 0.4) is 0 Å². The molecular weight excluding hydrogens is 356 g/mol. The molecule has 0 spiro atoms. The molecule has 0 heterocycles. The molecule has 2 rings (SSSR count). The Morgan fingerprint density at radius 3 is 2.76 bits per heavy atom. The molecule has 0 saturated carbocycles. The monoisotopic (exact) mass is 368 g/mol. The molecule has 0 radical (unpaired) electrons. The van der Waals surface area contributed by atoms with Gasteiger partial charge in [0.15, 0.2) is 6.61 Å². The molecule has 0 bridgehead atoms. The van der Waals surface area contributed by atoms with Gasteiger partial charge < -0.3 is 15.8 Å². The number of benzene rings is 2. The lowest BCUT2D eigenvalue weighted by atomic mass is 10.2. The highest BCUT2D eigenvalue weighted by Crippen LogP contribution is 2.27. The fourth-order valence-electron chi connectivity index (χ4n) is 1.65. The summed E-state index contributed by atoms with van der Waals surface area (Å²) in [6.07, 6.45) is 0. The van der Waals surface area contributed by atoms with Crippen molar-refractivity contribution in [3.05, 3.63) is 51.5 Å². The van der Waals surface area contributed by atoms with Crippen molar-refractivity contribution in [1.29, 1.82) is 0 Å². The van der Waals surface area contributed by atoms with Crippen LogP contribution in [-0.2, 0) is 4.79 Å². The van der Waals surface area contributed by atoms with Crippen molar-refractivity contribution in [3.8, 4) is 5.75 Å².